The number of carbonyl (C=O) groups is 2. The lowest BCUT2D eigenvalue weighted by Crippen LogP contribution is -2.27. The van der Waals surface area contributed by atoms with E-state index >= 15 is 0 Å². The van der Waals surface area contributed by atoms with Crippen molar-refractivity contribution in [1.29, 1.82) is 0 Å². The standard InChI is InChI=1S/C21H28FN3O2S/c1-13(26)14-8-9-16(15(22)10-14)28-12-19(27)23-18-11-17(20(2,3)4)24-25(18)21(5,6)7/h8-11H,12H2,1-7H3,(H,23,27). The third kappa shape index (κ3) is 5.44. The van der Waals surface area contributed by atoms with Gasteiger partial charge in [-0.2, -0.15) is 5.10 Å². The number of nitrogens with one attached hydrogen (secondary N) is 1. The highest BCUT2D eigenvalue weighted by Gasteiger charge is 2.25. The van der Waals surface area contributed by atoms with E-state index in [9.17, 15) is 14.0 Å². The van der Waals surface area contributed by atoms with Crippen molar-refractivity contribution in [2.45, 2.75) is 64.3 Å². The van der Waals surface area contributed by atoms with Crippen LogP contribution in [0.25, 0.3) is 0 Å². The second-order valence-corrected chi connectivity index (χ2v) is 9.80. The van der Waals surface area contributed by atoms with E-state index in [1.54, 1.807) is 10.7 Å². The molecule has 0 aliphatic rings. The largest absolute Gasteiger partial charge is 0.310 e. The number of carbonyl (C=O) groups excluding carboxylic acids is 2. The Morgan fingerprint density at radius 3 is 2.29 bits per heavy atom. The number of benzene rings is 1. The molecule has 0 saturated carbocycles. The van der Waals surface area contributed by atoms with Crippen molar-refractivity contribution in [3.63, 3.8) is 0 Å². The molecule has 0 fully saturated rings. The molecule has 28 heavy (non-hydrogen) atoms. The maximum absolute atomic E-state index is 14.1. The molecule has 152 valence electrons. The van der Waals surface area contributed by atoms with Crippen molar-refractivity contribution in [3.8, 4) is 0 Å². The molecule has 5 nitrogen and oxygen atoms in total. The van der Waals surface area contributed by atoms with Crippen LogP contribution in [0.3, 0.4) is 0 Å². The van der Waals surface area contributed by atoms with Crippen LogP contribution in [0, 0.1) is 5.82 Å². The van der Waals surface area contributed by atoms with Gasteiger partial charge in [0.25, 0.3) is 0 Å². The number of ketones is 1. The molecule has 7 heteroatoms. The number of anilines is 1. The Balaban J connectivity index is 2.13. The number of nitrogens with zero attached hydrogens (tertiary/aromatic N) is 2. The highest BCUT2D eigenvalue weighted by molar-refractivity contribution is 8.00. The van der Waals surface area contributed by atoms with Crippen LogP contribution in [0.2, 0.25) is 0 Å². The van der Waals surface area contributed by atoms with Crippen molar-refractivity contribution in [2.24, 2.45) is 0 Å². The predicted molar refractivity (Wildman–Crippen MR) is 112 cm³/mol. The molecule has 1 aromatic heterocycles. The van der Waals surface area contributed by atoms with Crippen LogP contribution in [0.4, 0.5) is 10.2 Å². The maximum atomic E-state index is 14.1. The number of hydrogen-bond donors (Lipinski definition) is 1. The van der Waals surface area contributed by atoms with E-state index in [-0.39, 0.29) is 28.4 Å². The summed E-state index contributed by atoms with van der Waals surface area (Å²) in [7, 11) is 0. The van der Waals surface area contributed by atoms with Crippen molar-refractivity contribution in [2.75, 3.05) is 11.1 Å². The molecule has 0 aliphatic carbocycles. The SMILES string of the molecule is CC(=O)c1ccc(SCC(=O)Nc2cc(C(C)(C)C)nn2C(C)(C)C)c(F)c1. The fourth-order valence-electron chi connectivity index (χ4n) is 2.51. The summed E-state index contributed by atoms with van der Waals surface area (Å²) in [5.74, 6) is -0.267. The van der Waals surface area contributed by atoms with E-state index < -0.39 is 5.82 Å². The summed E-state index contributed by atoms with van der Waals surface area (Å²) in [5.41, 5.74) is 0.756. The predicted octanol–water partition coefficient (Wildman–Crippen LogP) is 5.01. The van der Waals surface area contributed by atoms with Gasteiger partial charge in [0.05, 0.1) is 17.0 Å². The Morgan fingerprint density at radius 2 is 1.79 bits per heavy atom. The Labute approximate surface area is 170 Å². The number of thioether (sulfide) groups is 1. The molecule has 0 bridgehead atoms. The van der Waals surface area contributed by atoms with Crippen LogP contribution in [0.15, 0.2) is 29.2 Å². The molecule has 1 N–H and O–H groups in total. The molecular weight excluding hydrogens is 377 g/mol. The molecule has 2 aromatic rings. The molecule has 0 aliphatic heterocycles. The van der Waals surface area contributed by atoms with Crippen LogP contribution < -0.4 is 5.32 Å². The average Bonchev–Trinajstić information content (AvgIpc) is 2.97. The monoisotopic (exact) mass is 405 g/mol. The van der Waals surface area contributed by atoms with Gasteiger partial charge in [-0.05, 0) is 39.8 Å². The van der Waals surface area contributed by atoms with E-state index in [1.165, 1.54) is 19.1 Å². The van der Waals surface area contributed by atoms with Crippen molar-refractivity contribution in [1.82, 2.24) is 9.78 Å². The average molecular weight is 406 g/mol. The zero-order valence-corrected chi connectivity index (χ0v) is 18.3. The minimum Gasteiger partial charge on any atom is -0.310 e. The minimum absolute atomic E-state index is 0.0521. The summed E-state index contributed by atoms with van der Waals surface area (Å²) in [6.45, 7) is 13.6. The van der Waals surface area contributed by atoms with E-state index in [0.717, 1.165) is 17.5 Å². The summed E-state index contributed by atoms with van der Waals surface area (Å²) >= 11 is 1.09. The summed E-state index contributed by atoms with van der Waals surface area (Å²) < 4.78 is 15.9. The molecular formula is C21H28FN3O2S. The first-order valence-corrected chi connectivity index (χ1v) is 10.1. The summed E-state index contributed by atoms with van der Waals surface area (Å²) in [6.07, 6.45) is 0. The molecule has 0 atom stereocenters. The van der Waals surface area contributed by atoms with Crippen LogP contribution in [-0.2, 0) is 15.7 Å². The number of Topliss-reactive ketones (excluding diaryl/α,β-unsaturated/α-hetero) is 1. The Morgan fingerprint density at radius 1 is 1.14 bits per heavy atom. The van der Waals surface area contributed by atoms with E-state index in [2.05, 4.69) is 31.2 Å². The minimum atomic E-state index is -0.500. The highest BCUT2D eigenvalue weighted by Crippen LogP contribution is 2.29. The lowest BCUT2D eigenvalue weighted by molar-refractivity contribution is -0.113. The van der Waals surface area contributed by atoms with E-state index in [1.807, 2.05) is 26.8 Å². The van der Waals surface area contributed by atoms with Crippen molar-refractivity contribution < 1.29 is 14.0 Å². The fraction of sp³-hybridized carbons (Fsp3) is 0.476. The zero-order valence-electron chi connectivity index (χ0n) is 17.5. The Kier molecular flexibility index (Phi) is 6.38. The number of rotatable bonds is 5. The smallest absolute Gasteiger partial charge is 0.235 e. The summed E-state index contributed by atoms with van der Waals surface area (Å²) in [5, 5.41) is 7.56. The molecule has 0 saturated heterocycles. The lowest BCUT2D eigenvalue weighted by Gasteiger charge is -2.23. The normalized spacial score (nSPS) is 12.1. The molecule has 0 radical (unpaired) electrons. The van der Waals surface area contributed by atoms with Gasteiger partial charge < -0.3 is 5.32 Å². The van der Waals surface area contributed by atoms with Gasteiger partial charge in [0, 0.05) is 21.9 Å². The third-order valence-corrected chi connectivity index (χ3v) is 5.13. The maximum Gasteiger partial charge on any atom is 0.235 e. The molecule has 1 heterocycles. The summed E-state index contributed by atoms with van der Waals surface area (Å²) in [6, 6.07) is 6.18. The van der Waals surface area contributed by atoms with E-state index in [4.69, 9.17) is 0 Å². The fourth-order valence-corrected chi connectivity index (χ4v) is 3.23. The van der Waals surface area contributed by atoms with Gasteiger partial charge in [-0.15, -0.1) is 11.8 Å². The summed E-state index contributed by atoms with van der Waals surface area (Å²) in [4.78, 5) is 24.1. The van der Waals surface area contributed by atoms with E-state index in [0.29, 0.717) is 16.3 Å². The Hall–Kier alpha value is -2.15. The molecule has 1 amide bonds. The first-order chi connectivity index (χ1) is 12.8. The van der Waals surface area contributed by atoms with Crippen molar-refractivity contribution in [3.05, 3.63) is 41.3 Å². The number of hydrogen-bond acceptors (Lipinski definition) is 4. The van der Waals surface area contributed by atoms with Gasteiger partial charge in [-0.25, -0.2) is 9.07 Å². The second kappa shape index (κ2) is 8.07. The molecule has 1 aromatic carbocycles. The zero-order chi connectivity index (χ0) is 21.3. The van der Waals surface area contributed by atoms with Crippen LogP contribution in [0.5, 0.6) is 0 Å². The number of aromatic nitrogens is 2. The highest BCUT2D eigenvalue weighted by atomic mass is 32.2. The number of amides is 1. The van der Waals surface area contributed by atoms with Gasteiger partial charge in [0.15, 0.2) is 5.78 Å². The first-order valence-electron chi connectivity index (χ1n) is 9.13. The molecule has 2 rings (SSSR count). The third-order valence-electron chi connectivity index (χ3n) is 4.08. The quantitative estimate of drug-likeness (QED) is 0.561. The van der Waals surface area contributed by atoms with Gasteiger partial charge >= 0.3 is 0 Å². The molecule has 0 unspecified atom stereocenters. The number of halogens is 1. The van der Waals surface area contributed by atoms with Crippen LogP contribution in [0.1, 0.15) is 64.5 Å². The Bertz CT molecular complexity index is 892. The van der Waals surface area contributed by atoms with Gasteiger partial charge in [0.1, 0.15) is 11.6 Å². The van der Waals surface area contributed by atoms with Crippen LogP contribution >= 0.6 is 11.8 Å². The second-order valence-electron chi connectivity index (χ2n) is 8.79. The molecule has 0 spiro atoms. The van der Waals surface area contributed by atoms with Crippen molar-refractivity contribution >= 4 is 29.3 Å². The van der Waals surface area contributed by atoms with Crippen LogP contribution in [-0.4, -0.2) is 27.2 Å². The first kappa shape index (κ1) is 22.1. The van der Waals surface area contributed by atoms with Gasteiger partial charge in [0.2, 0.25) is 5.91 Å². The van der Waals surface area contributed by atoms with Gasteiger partial charge in [-0.1, -0.05) is 26.8 Å². The lowest BCUT2D eigenvalue weighted by atomic mass is 9.92. The topological polar surface area (TPSA) is 64.0 Å². The van der Waals surface area contributed by atoms with Gasteiger partial charge in [-0.3, -0.25) is 9.59 Å².